The molecule has 0 aromatic rings. The van der Waals surface area contributed by atoms with E-state index in [1.165, 1.54) is 12.2 Å². The number of hydrogen-bond acceptors (Lipinski definition) is 6. The molecule has 4 fully saturated rings. The SMILES string of the molecule is [2H]C1([2H])C[C@@H]2[C@H]([C@@H](O)C[C@@]3(C)[C@H]2C[C@H]2O[C@@H](CCC)O[C@]23C(=O)CO)[C@@]2(C)C=CC(=O)C=C12. The lowest BCUT2D eigenvalue weighted by molar-refractivity contribution is -0.200. The maximum absolute atomic E-state index is 13.3. The van der Waals surface area contributed by atoms with E-state index in [-0.39, 0.29) is 36.4 Å². The van der Waals surface area contributed by atoms with Crippen molar-refractivity contribution in [3.63, 3.8) is 0 Å². The minimum atomic E-state index is -1.72. The van der Waals surface area contributed by atoms with E-state index in [4.69, 9.17) is 12.2 Å². The molecule has 0 aromatic carbocycles. The first kappa shape index (κ1) is 19.2. The number of carbonyl (C=O) groups is 2. The van der Waals surface area contributed by atoms with Gasteiger partial charge in [-0.1, -0.05) is 38.8 Å². The van der Waals surface area contributed by atoms with E-state index in [1.807, 2.05) is 20.8 Å². The van der Waals surface area contributed by atoms with Crippen LogP contribution in [0.4, 0.5) is 0 Å². The normalized spacial score (nSPS) is 52.9. The largest absolute Gasteiger partial charge is 0.393 e. The van der Waals surface area contributed by atoms with Gasteiger partial charge in [0.15, 0.2) is 23.5 Å². The summed E-state index contributed by atoms with van der Waals surface area (Å²) in [4.78, 5) is 25.4. The summed E-state index contributed by atoms with van der Waals surface area (Å²) >= 11 is 0. The van der Waals surface area contributed by atoms with Crippen LogP contribution in [0.5, 0.6) is 0 Å². The van der Waals surface area contributed by atoms with Crippen molar-refractivity contribution in [2.24, 2.45) is 28.6 Å². The molecule has 0 aromatic heterocycles. The number of allylic oxidation sites excluding steroid dienone is 4. The monoisotopic (exact) mass is 432 g/mol. The molecule has 1 saturated heterocycles. The highest BCUT2D eigenvalue weighted by Gasteiger charge is 2.75. The molecule has 170 valence electrons. The van der Waals surface area contributed by atoms with E-state index < -0.39 is 53.7 Å². The molecule has 0 bridgehead atoms. The van der Waals surface area contributed by atoms with Gasteiger partial charge in [0, 0.05) is 19.5 Å². The van der Waals surface area contributed by atoms with Crippen molar-refractivity contribution in [1.82, 2.24) is 0 Å². The molecule has 0 amide bonds. The first-order chi connectivity index (χ1) is 15.4. The second-order valence-corrected chi connectivity index (χ2v) is 10.5. The van der Waals surface area contributed by atoms with E-state index in [9.17, 15) is 19.8 Å². The Kier molecular flexibility index (Phi) is 4.37. The predicted octanol–water partition coefficient (Wildman–Crippen LogP) is 2.72. The zero-order chi connectivity index (χ0) is 24.0. The molecule has 2 N–H and O–H groups in total. The number of hydrogen-bond donors (Lipinski definition) is 2. The fourth-order valence-corrected chi connectivity index (χ4v) is 7.74. The summed E-state index contributed by atoms with van der Waals surface area (Å²) in [5.41, 5.74) is -2.51. The molecule has 6 heteroatoms. The van der Waals surface area contributed by atoms with Crippen molar-refractivity contribution in [2.45, 2.75) is 83.3 Å². The van der Waals surface area contributed by atoms with Gasteiger partial charge in [0.05, 0.1) is 12.2 Å². The van der Waals surface area contributed by atoms with Crippen LogP contribution in [-0.2, 0) is 19.1 Å². The van der Waals surface area contributed by atoms with Crippen molar-refractivity contribution in [2.75, 3.05) is 6.61 Å². The van der Waals surface area contributed by atoms with E-state index in [0.29, 0.717) is 18.4 Å². The standard InChI is InChI=1S/C25H34O6/c1-4-5-21-30-20-11-17-16-7-6-14-10-15(27)8-9-23(14,2)22(16)18(28)12-24(17,3)25(20,31-21)19(29)13-26/h8-10,16-18,20-22,26,28H,4-7,11-13H2,1-3H3/t16-,17-,18-,20+,21+,22+,23-,24-,25+/m0/s1/i6D2. The van der Waals surface area contributed by atoms with Crippen molar-refractivity contribution in [1.29, 1.82) is 0 Å². The molecule has 5 aliphatic rings. The molecule has 1 aliphatic heterocycles. The maximum atomic E-state index is 13.3. The molecule has 1 heterocycles. The number of Topliss-reactive ketones (excluding diaryl/α,β-unsaturated/α-hetero) is 1. The van der Waals surface area contributed by atoms with Crippen LogP contribution in [0.15, 0.2) is 23.8 Å². The Bertz CT molecular complexity index is 945. The Labute approximate surface area is 186 Å². The first-order valence-electron chi connectivity index (χ1n) is 12.6. The number of ether oxygens (including phenoxy) is 2. The molecule has 6 nitrogen and oxygen atoms in total. The Morgan fingerprint density at radius 2 is 2.16 bits per heavy atom. The quantitative estimate of drug-likeness (QED) is 0.710. The van der Waals surface area contributed by atoms with Crippen molar-refractivity contribution in [3.8, 4) is 0 Å². The van der Waals surface area contributed by atoms with Gasteiger partial charge >= 0.3 is 0 Å². The predicted molar refractivity (Wildman–Crippen MR) is 113 cm³/mol. The van der Waals surface area contributed by atoms with Gasteiger partial charge in [0.1, 0.15) is 6.61 Å². The summed E-state index contributed by atoms with van der Waals surface area (Å²) in [6, 6.07) is 0. The maximum Gasteiger partial charge on any atom is 0.193 e. The van der Waals surface area contributed by atoms with Gasteiger partial charge in [0.25, 0.3) is 0 Å². The van der Waals surface area contributed by atoms with Gasteiger partial charge in [-0.3, -0.25) is 9.59 Å². The van der Waals surface area contributed by atoms with Crippen LogP contribution in [0.1, 0.15) is 62.0 Å². The zero-order valence-electron chi connectivity index (χ0n) is 20.5. The third-order valence-corrected chi connectivity index (χ3v) is 9.01. The zero-order valence-corrected chi connectivity index (χ0v) is 18.5. The molecule has 4 aliphatic carbocycles. The minimum Gasteiger partial charge on any atom is -0.393 e. The fourth-order valence-electron chi connectivity index (χ4n) is 7.74. The molecule has 9 atom stereocenters. The Morgan fingerprint density at radius 3 is 2.87 bits per heavy atom. The minimum absolute atomic E-state index is 0.131. The molecule has 0 unspecified atom stereocenters. The summed E-state index contributed by atoms with van der Waals surface area (Å²) in [5.74, 6) is -1.31. The Hall–Kier alpha value is -1.34. The van der Waals surface area contributed by atoms with Crippen LogP contribution in [0, 0.1) is 28.6 Å². The Balaban J connectivity index is 1.60. The molecular formula is C25H34O6. The summed E-state index contributed by atoms with van der Waals surface area (Å²) in [5, 5.41) is 21.5. The van der Waals surface area contributed by atoms with Crippen molar-refractivity contribution >= 4 is 11.6 Å². The lowest BCUT2D eigenvalue weighted by Crippen LogP contribution is -2.63. The van der Waals surface area contributed by atoms with Gasteiger partial charge in [-0.2, -0.15) is 0 Å². The average molecular weight is 433 g/mol. The third kappa shape index (κ3) is 2.65. The lowest BCUT2D eigenvalue weighted by Gasteiger charge is -2.59. The molecular weight excluding hydrogens is 396 g/mol. The van der Waals surface area contributed by atoms with E-state index >= 15 is 0 Å². The summed E-state index contributed by atoms with van der Waals surface area (Å²) in [6.07, 6.45) is 3.47. The second-order valence-electron chi connectivity index (χ2n) is 10.5. The number of carbonyl (C=O) groups excluding carboxylic acids is 2. The van der Waals surface area contributed by atoms with E-state index in [0.717, 1.165) is 6.42 Å². The molecule has 0 radical (unpaired) electrons. The third-order valence-electron chi connectivity index (χ3n) is 9.01. The number of fused-ring (bicyclic) bond motifs is 7. The summed E-state index contributed by atoms with van der Waals surface area (Å²) in [6.45, 7) is 5.21. The lowest BCUT2D eigenvalue weighted by atomic mass is 9.46. The van der Waals surface area contributed by atoms with Gasteiger partial charge < -0.3 is 19.7 Å². The highest BCUT2D eigenvalue weighted by atomic mass is 16.7. The topological polar surface area (TPSA) is 93.1 Å². The molecule has 0 spiro atoms. The van der Waals surface area contributed by atoms with E-state index in [2.05, 4.69) is 0 Å². The van der Waals surface area contributed by atoms with Crippen molar-refractivity contribution in [3.05, 3.63) is 23.8 Å². The average Bonchev–Trinajstić information content (AvgIpc) is 3.21. The highest BCUT2D eigenvalue weighted by Crippen LogP contribution is 2.69. The van der Waals surface area contributed by atoms with E-state index in [1.54, 1.807) is 6.08 Å². The second kappa shape index (κ2) is 7.08. The van der Waals surface area contributed by atoms with Crippen LogP contribution in [0.3, 0.4) is 0 Å². The summed E-state index contributed by atoms with van der Waals surface area (Å²) < 4.78 is 30.3. The summed E-state index contributed by atoms with van der Waals surface area (Å²) in [7, 11) is 0. The number of rotatable bonds is 4. The number of aliphatic hydroxyl groups is 2. The van der Waals surface area contributed by atoms with Crippen molar-refractivity contribution < 1.29 is 32.0 Å². The first-order valence-corrected chi connectivity index (χ1v) is 11.6. The fraction of sp³-hybridized carbons (Fsp3) is 0.760. The molecule has 31 heavy (non-hydrogen) atoms. The molecule has 5 rings (SSSR count). The molecule has 3 saturated carbocycles. The van der Waals surface area contributed by atoms with Crippen LogP contribution >= 0.6 is 0 Å². The Morgan fingerprint density at radius 1 is 1.39 bits per heavy atom. The van der Waals surface area contributed by atoms with Crippen LogP contribution in [-0.4, -0.2) is 52.5 Å². The van der Waals surface area contributed by atoms with Gasteiger partial charge in [0.2, 0.25) is 0 Å². The van der Waals surface area contributed by atoms with Gasteiger partial charge in [-0.05, 0) is 56.0 Å². The number of ketones is 2. The van der Waals surface area contributed by atoms with Crippen LogP contribution in [0.25, 0.3) is 0 Å². The van der Waals surface area contributed by atoms with Crippen LogP contribution < -0.4 is 0 Å². The smallest absolute Gasteiger partial charge is 0.193 e. The number of aliphatic hydroxyl groups excluding tert-OH is 2. The van der Waals surface area contributed by atoms with Gasteiger partial charge in [-0.15, -0.1) is 0 Å². The highest BCUT2D eigenvalue weighted by molar-refractivity contribution is 6.01. The van der Waals surface area contributed by atoms with Gasteiger partial charge in [-0.25, -0.2) is 0 Å². The van der Waals surface area contributed by atoms with Crippen LogP contribution in [0.2, 0.25) is 0 Å².